The minimum absolute atomic E-state index is 0.667. The monoisotopic (exact) mass is 221 g/mol. The van der Waals surface area contributed by atoms with Crippen LogP contribution >= 0.6 is 0 Å². The maximum atomic E-state index is 5.48. The first kappa shape index (κ1) is 11.2. The molecule has 1 aliphatic carbocycles. The van der Waals surface area contributed by atoms with E-state index in [0.717, 1.165) is 30.7 Å². The normalized spacial score (nSPS) is 14.8. The Kier molecular flexibility index (Phi) is 3.99. The van der Waals surface area contributed by atoms with E-state index in [-0.39, 0.29) is 0 Å². The van der Waals surface area contributed by atoms with Gasteiger partial charge in [0, 0.05) is 25.3 Å². The summed E-state index contributed by atoms with van der Waals surface area (Å²) < 4.78 is 5.48. The van der Waals surface area contributed by atoms with Gasteiger partial charge in [-0.3, -0.25) is 0 Å². The van der Waals surface area contributed by atoms with Gasteiger partial charge in [0.05, 0.1) is 6.61 Å². The van der Waals surface area contributed by atoms with E-state index in [1.54, 1.807) is 6.20 Å². The number of ether oxygens (including phenoxy) is 1. The molecular weight excluding hydrogens is 202 g/mol. The van der Waals surface area contributed by atoms with Crippen LogP contribution in [0.4, 0.5) is 5.82 Å². The third kappa shape index (κ3) is 3.38. The summed E-state index contributed by atoms with van der Waals surface area (Å²) in [7, 11) is 0. The van der Waals surface area contributed by atoms with Crippen LogP contribution in [0, 0.1) is 0 Å². The highest BCUT2D eigenvalue weighted by molar-refractivity contribution is 5.49. The predicted molar refractivity (Wildman–Crippen MR) is 64.9 cm³/mol. The van der Waals surface area contributed by atoms with Crippen LogP contribution in [0.2, 0.25) is 0 Å². The quantitative estimate of drug-likeness (QED) is 0.687. The van der Waals surface area contributed by atoms with Crippen molar-refractivity contribution in [1.82, 2.24) is 10.3 Å². The van der Waals surface area contributed by atoms with Crippen LogP contribution in [0.1, 0.15) is 19.8 Å². The summed E-state index contributed by atoms with van der Waals surface area (Å²) in [4.78, 5) is 4.27. The molecule has 0 unspecified atom stereocenters. The van der Waals surface area contributed by atoms with E-state index in [4.69, 9.17) is 4.74 Å². The van der Waals surface area contributed by atoms with E-state index in [9.17, 15) is 0 Å². The Morgan fingerprint density at radius 3 is 3.06 bits per heavy atom. The second-order valence-electron chi connectivity index (χ2n) is 3.94. The third-order valence-electron chi connectivity index (χ3n) is 2.50. The lowest BCUT2D eigenvalue weighted by Crippen LogP contribution is -2.24. The highest BCUT2D eigenvalue weighted by atomic mass is 16.5. The van der Waals surface area contributed by atoms with E-state index in [0.29, 0.717) is 6.61 Å². The Bertz CT molecular complexity index is 326. The molecule has 1 fully saturated rings. The second kappa shape index (κ2) is 5.70. The molecule has 0 amide bonds. The van der Waals surface area contributed by atoms with Gasteiger partial charge in [0.1, 0.15) is 0 Å². The molecule has 1 saturated carbocycles. The van der Waals surface area contributed by atoms with Crippen molar-refractivity contribution in [1.29, 1.82) is 0 Å². The second-order valence-corrected chi connectivity index (χ2v) is 3.94. The minimum atomic E-state index is 0.667. The van der Waals surface area contributed by atoms with Gasteiger partial charge in [0.15, 0.2) is 11.6 Å². The number of pyridine rings is 1. The van der Waals surface area contributed by atoms with Gasteiger partial charge in [-0.15, -0.1) is 0 Å². The fourth-order valence-corrected chi connectivity index (χ4v) is 1.54. The van der Waals surface area contributed by atoms with Crippen LogP contribution in [-0.2, 0) is 0 Å². The molecule has 0 aromatic carbocycles. The first-order valence-corrected chi connectivity index (χ1v) is 5.95. The molecule has 2 N–H and O–H groups in total. The molecule has 1 aromatic heterocycles. The molecule has 16 heavy (non-hydrogen) atoms. The lowest BCUT2D eigenvalue weighted by molar-refractivity contribution is 0.340. The maximum Gasteiger partial charge on any atom is 0.168 e. The smallest absolute Gasteiger partial charge is 0.168 e. The molecule has 0 spiro atoms. The average Bonchev–Trinajstić information content (AvgIpc) is 3.11. The van der Waals surface area contributed by atoms with Crippen LogP contribution in [0.3, 0.4) is 0 Å². The molecule has 4 heteroatoms. The Hall–Kier alpha value is -1.29. The van der Waals surface area contributed by atoms with Gasteiger partial charge in [-0.25, -0.2) is 4.98 Å². The van der Waals surface area contributed by atoms with Crippen LogP contribution in [0.15, 0.2) is 18.3 Å². The van der Waals surface area contributed by atoms with Gasteiger partial charge < -0.3 is 15.4 Å². The summed E-state index contributed by atoms with van der Waals surface area (Å²) in [5, 5.41) is 6.73. The molecular formula is C12H19N3O. The Morgan fingerprint density at radius 2 is 2.31 bits per heavy atom. The molecule has 88 valence electrons. The van der Waals surface area contributed by atoms with E-state index in [1.165, 1.54) is 12.8 Å². The first-order valence-electron chi connectivity index (χ1n) is 5.95. The zero-order chi connectivity index (χ0) is 11.2. The van der Waals surface area contributed by atoms with E-state index in [2.05, 4.69) is 15.6 Å². The molecule has 0 radical (unpaired) electrons. The van der Waals surface area contributed by atoms with Gasteiger partial charge in [-0.2, -0.15) is 0 Å². The zero-order valence-electron chi connectivity index (χ0n) is 9.70. The van der Waals surface area contributed by atoms with Gasteiger partial charge in [-0.1, -0.05) is 0 Å². The average molecular weight is 221 g/mol. The van der Waals surface area contributed by atoms with Gasteiger partial charge >= 0.3 is 0 Å². The highest BCUT2D eigenvalue weighted by Gasteiger charge is 2.19. The van der Waals surface area contributed by atoms with Crippen LogP contribution in [-0.4, -0.2) is 30.7 Å². The number of nitrogens with one attached hydrogen (secondary N) is 2. The number of anilines is 1. The number of aromatic nitrogens is 1. The van der Waals surface area contributed by atoms with Crippen molar-refractivity contribution >= 4 is 5.82 Å². The molecule has 4 nitrogen and oxygen atoms in total. The lowest BCUT2D eigenvalue weighted by Gasteiger charge is -2.11. The van der Waals surface area contributed by atoms with Crippen LogP contribution in [0.5, 0.6) is 5.75 Å². The third-order valence-corrected chi connectivity index (χ3v) is 2.50. The van der Waals surface area contributed by atoms with Crippen molar-refractivity contribution in [3.8, 4) is 5.75 Å². The highest BCUT2D eigenvalue weighted by Crippen LogP contribution is 2.20. The number of rotatable bonds is 7. The summed E-state index contributed by atoms with van der Waals surface area (Å²) in [6.07, 6.45) is 4.43. The predicted octanol–water partition coefficient (Wildman–Crippen LogP) is 1.64. The van der Waals surface area contributed by atoms with Gasteiger partial charge in [0.25, 0.3) is 0 Å². The molecule has 1 heterocycles. The molecule has 0 saturated heterocycles. The van der Waals surface area contributed by atoms with Crippen molar-refractivity contribution in [3.63, 3.8) is 0 Å². The number of hydrogen-bond donors (Lipinski definition) is 2. The van der Waals surface area contributed by atoms with Crippen molar-refractivity contribution in [2.24, 2.45) is 0 Å². The zero-order valence-corrected chi connectivity index (χ0v) is 9.70. The van der Waals surface area contributed by atoms with Gasteiger partial charge in [-0.05, 0) is 31.9 Å². The van der Waals surface area contributed by atoms with E-state index in [1.807, 2.05) is 19.1 Å². The maximum absolute atomic E-state index is 5.48. The number of nitrogens with zero attached hydrogens (tertiary/aromatic N) is 1. The Balaban J connectivity index is 1.77. The largest absolute Gasteiger partial charge is 0.490 e. The fourth-order valence-electron chi connectivity index (χ4n) is 1.54. The molecule has 0 atom stereocenters. The van der Waals surface area contributed by atoms with E-state index >= 15 is 0 Å². The summed E-state index contributed by atoms with van der Waals surface area (Å²) in [5.74, 6) is 1.67. The van der Waals surface area contributed by atoms with Crippen LogP contribution in [0.25, 0.3) is 0 Å². The number of hydrogen-bond acceptors (Lipinski definition) is 4. The van der Waals surface area contributed by atoms with Crippen molar-refractivity contribution in [3.05, 3.63) is 18.3 Å². The van der Waals surface area contributed by atoms with E-state index < -0.39 is 0 Å². The van der Waals surface area contributed by atoms with Crippen molar-refractivity contribution < 1.29 is 4.74 Å². The van der Waals surface area contributed by atoms with Crippen LogP contribution < -0.4 is 15.4 Å². The Labute approximate surface area is 96.4 Å². The minimum Gasteiger partial charge on any atom is -0.490 e. The summed E-state index contributed by atoms with van der Waals surface area (Å²) in [6.45, 7) is 4.51. The molecule has 2 rings (SSSR count). The first-order chi connectivity index (χ1) is 7.90. The molecule has 1 aromatic rings. The summed E-state index contributed by atoms with van der Waals surface area (Å²) in [6, 6.07) is 4.59. The lowest BCUT2D eigenvalue weighted by atomic mass is 10.4. The fraction of sp³-hybridized carbons (Fsp3) is 0.583. The van der Waals surface area contributed by atoms with Gasteiger partial charge in [0.2, 0.25) is 0 Å². The topological polar surface area (TPSA) is 46.2 Å². The summed E-state index contributed by atoms with van der Waals surface area (Å²) >= 11 is 0. The Morgan fingerprint density at radius 1 is 1.44 bits per heavy atom. The SMILES string of the molecule is CCOc1cccnc1NCCNC1CC1. The van der Waals surface area contributed by atoms with Crippen molar-refractivity contribution in [2.45, 2.75) is 25.8 Å². The molecule has 0 aliphatic heterocycles. The molecule has 0 bridgehead atoms. The molecule has 1 aliphatic rings. The van der Waals surface area contributed by atoms with Crippen molar-refractivity contribution in [2.75, 3.05) is 25.0 Å². The standard InChI is InChI=1S/C12H19N3O/c1-2-16-11-4-3-7-14-12(11)15-9-8-13-10-5-6-10/h3-4,7,10,13H,2,5-6,8-9H2,1H3,(H,14,15). The summed E-state index contributed by atoms with van der Waals surface area (Å²) in [5.41, 5.74) is 0.